The van der Waals surface area contributed by atoms with E-state index in [4.69, 9.17) is 12.2 Å². The molecule has 0 radical (unpaired) electrons. The van der Waals surface area contributed by atoms with Gasteiger partial charge in [0, 0.05) is 4.88 Å². The topological polar surface area (TPSA) is 60.4 Å². The highest BCUT2D eigenvalue weighted by molar-refractivity contribution is 8.26. The summed E-state index contributed by atoms with van der Waals surface area (Å²) in [5, 5.41) is 13.3. The Hall–Kier alpha value is -1.18. The molecule has 2 atom stereocenters. The number of carbonyl (C=O) groups excluding carboxylic acids is 2. The van der Waals surface area contributed by atoms with Crippen LogP contribution in [-0.2, 0) is 9.59 Å². The van der Waals surface area contributed by atoms with Crippen molar-refractivity contribution in [1.82, 2.24) is 4.90 Å². The Bertz CT molecular complexity index is 595. The van der Waals surface area contributed by atoms with Gasteiger partial charge in [0.15, 0.2) is 0 Å². The molecule has 1 saturated heterocycles. The van der Waals surface area contributed by atoms with Crippen LogP contribution in [-0.4, -0.2) is 27.1 Å². The predicted octanol–water partition coefficient (Wildman–Crippen LogP) is 2.11. The summed E-state index contributed by atoms with van der Waals surface area (Å²) in [6.07, 6.45) is 2.37. The summed E-state index contributed by atoms with van der Waals surface area (Å²) in [4.78, 5) is 26.5. The Balaban J connectivity index is 2.31. The molecule has 0 aliphatic carbocycles. The maximum atomic E-state index is 12.5. The third kappa shape index (κ3) is 3.36. The normalized spacial score (nSPS) is 20.1. The molecule has 1 aliphatic heterocycles. The molecule has 21 heavy (non-hydrogen) atoms. The van der Waals surface area contributed by atoms with Crippen LogP contribution in [0.3, 0.4) is 0 Å². The van der Waals surface area contributed by atoms with E-state index in [0.717, 1.165) is 16.6 Å². The first kappa shape index (κ1) is 16.2. The average molecular weight is 340 g/mol. The van der Waals surface area contributed by atoms with E-state index in [1.54, 1.807) is 13.0 Å². The van der Waals surface area contributed by atoms with Crippen molar-refractivity contribution in [1.29, 1.82) is 0 Å². The lowest BCUT2D eigenvalue weighted by molar-refractivity contribution is -0.311. The van der Waals surface area contributed by atoms with Crippen molar-refractivity contribution < 1.29 is 14.7 Å². The lowest BCUT2D eigenvalue weighted by Crippen LogP contribution is -2.53. The molecule has 0 saturated carbocycles. The fourth-order valence-corrected chi connectivity index (χ4v) is 4.09. The van der Waals surface area contributed by atoms with Crippen LogP contribution in [0.5, 0.6) is 0 Å². The van der Waals surface area contributed by atoms with Crippen LogP contribution < -0.4 is 5.11 Å². The molecule has 0 aromatic carbocycles. The molecule has 0 spiro atoms. The number of rotatable bonds is 5. The largest absolute Gasteiger partial charge is 0.548 e. The van der Waals surface area contributed by atoms with Gasteiger partial charge in [0.05, 0.1) is 16.9 Å². The van der Waals surface area contributed by atoms with Crippen molar-refractivity contribution >= 4 is 57.6 Å². The second kappa shape index (κ2) is 6.72. The van der Waals surface area contributed by atoms with Gasteiger partial charge in [0.1, 0.15) is 4.32 Å². The highest BCUT2D eigenvalue weighted by atomic mass is 32.2. The maximum absolute atomic E-state index is 12.5. The summed E-state index contributed by atoms with van der Waals surface area (Å²) >= 11 is 7.84. The number of thiophene rings is 1. The van der Waals surface area contributed by atoms with E-state index in [1.165, 1.54) is 16.2 Å². The van der Waals surface area contributed by atoms with Gasteiger partial charge in [-0.05, 0) is 23.4 Å². The second-order valence-corrected chi connectivity index (χ2v) is 7.37. The fourth-order valence-electron chi connectivity index (χ4n) is 2.04. The van der Waals surface area contributed by atoms with Gasteiger partial charge in [-0.3, -0.25) is 9.69 Å². The standard InChI is InChI=1S/C14H15NO3S3/c1-3-8(2)11(13(17)18)15-12(16)10(21-14(15)19)7-9-5-4-6-20-9/h4-8,11H,3H2,1-2H3,(H,17,18)/p-1/b10-7+/t8-,11+/m1/s1. The molecule has 112 valence electrons. The maximum Gasteiger partial charge on any atom is 0.266 e. The van der Waals surface area contributed by atoms with Crippen molar-refractivity contribution in [3.8, 4) is 0 Å². The molecule has 2 heterocycles. The van der Waals surface area contributed by atoms with Crippen LogP contribution in [0.4, 0.5) is 0 Å². The smallest absolute Gasteiger partial charge is 0.266 e. The van der Waals surface area contributed by atoms with Gasteiger partial charge < -0.3 is 9.90 Å². The summed E-state index contributed by atoms with van der Waals surface area (Å²) in [6, 6.07) is 2.76. The number of nitrogens with zero attached hydrogens (tertiary/aromatic N) is 1. The summed E-state index contributed by atoms with van der Waals surface area (Å²) in [5.41, 5.74) is 0. The second-order valence-electron chi connectivity index (χ2n) is 4.72. The van der Waals surface area contributed by atoms with Crippen molar-refractivity contribution in [3.05, 3.63) is 27.3 Å². The van der Waals surface area contributed by atoms with E-state index in [0.29, 0.717) is 11.3 Å². The number of carbonyl (C=O) groups is 2. The van der Waals surface area contributed by atoms with Crippen molar-refractivity contribution in [2.75, 3.05) is 0 Å². The number of hydrogen-bond donors (Lipinski definition) is 0. The van der Waals surface area contributed by atoms with Gasteiger partial charge >= 0.3 is 0 Å². The molecule has 0 unspecified atom stereocenters. The van der Waals surface area contributed by atoms with Gasteiger partial charge in [-0.2, -0.15) is 0 Å². The molecule has 1 aromatic rings. The molecule has 0 N–H and O–H groups in total. The zero-order valence-corrected chi connectivity index (χ0v) is 14.0. The van der Waals surface area contributed by atoms with Crippen LogP contribution in [0.15, 0.2) is 22.4 Å². The minimum atomic E-state index is -1.27. The lowest BCUT2D eigenvalue weighted by atomic mass is 9.98. The van der Waals surface area contributed by atoms with Crippen LogP contribution in [0, 0.1) is 5.92 Å². The van der Waals surface area contributed by atoms with Gasteiger partial charge in [-0.15, -0.1) is 11.3 Å². The average Bonchev–Trinajstić information content (AvgIpc) is 3.02. The Kier molecular flexibility index (Phi) is 5.18. The quantitative estimate of drug-likeness (QED) is 0.607. The molecular formula is C14H14NO3S3-. The molecule has 2 rings (SSSR count). The van der Waals surface area contributed by atoms with Crippen LogP contribution in [0.25, 0.3) is 6.08 Å². The van der Waals surface area contributed by atoms with Crippen molar-refractivity contribution in [2.24, 2.45) is 5.92 Å². The first-order chi connectivity index (χ1) is 9.95. The van der Waals surface area contributed by atoms with E-state index in [9.17, 15) is 14.7 Å². The highest BCUT2D eigenvalue weighted by Crippen LogP contribution is 2.36. The van der Waals surface area contributed by atoms with E-state index < -0.39 is 12.0 Å². The molecular weight excluding hydrogens is 326 g/mol. The third-order valence-corrected chi connectivity index (χ3v) is 5.49. The zero-order chi connectivity index (χ0) is 15.6. The number of thiocarbonyl (C=S) groups is 1. The number of carboxylic acid groups (broad SMARTS) is 1. The Labute approximate surface area is 136 Å². The monoisotopic (exact) mass is 340 g/mol. The van der Waals surface area contributed by atoms with E-state index >= 15 is 0 Å². The zero-order valence-electron chi connectivity index (χ0n) is 11.6. The van der Waals surface area contributed by atoms with Crippen LogP contribution >= 0.6 is 35.3 Å². The molecule has 1 aliphatic rings. The van der Waals surface area contributed by atoms with Gasteiger partial charge in [0.25, 0.3) is 5.91 Å². The summed E-state index contributed by atoms with van der Waals surface area (Å²) in [5.74, 6) is -1.84. The van der Waals surface area contributed by atoms with Gasteiger partial charge in [-0.25, -0.2) is 0 Å². The number of aliphatic carboxylic acids is 1. The van der Waals surface area contributed by atoms with E-state index in [1.807, 2.05) is 24.4 Å². The molecule has 4 nitrogen and oxygen atoms in total. The van der Waals surface area contributed by atoms with E-state index in [-0.39, 0.29) is 16.1 Å². The summed E-state index contributed by atoms with van der Waals surface area (Å²) in [6.45, 7) is 3.65. The SMILES string of the molecule is CC[C@@H](C)[C@@H](C(=O)[O-])N1C(=O)/C(=C\c2cccs2)SC1=S. The number of hydrogen-bond acceptors (Lipinski definition) is 6. The fraction of sp³-hybridized carbons (Fsp3) is 0.357. The van der Waals surface area contributed by atoms with Crippen molar-refractivity contribution in [3.63, 3.8) is 0 Å². The third-order valence-electron chi connectivity index (χ3n) is 3.34. The summed E-state index contributed by atoms with van der Waals surface area (Å²) in [7, 11) is 0. The number of amides is 1. The van der Waals surface area contributed by atoms with Crippen LogP contribution in [0.1, 0.15) is 25.1 Å². The molecule has 7 heteroatoms. The van der Waals surface area contributed by atoms with Crippen LogP contribution in [0.2, 0.25) is 0 Å². The minimum Gasteiger partial charge on any atom is -0.548 e. The Morgan fingerprint density at radius 3 is 2.81 bits per heavy atom. The lowest BCUT2D eigenvalue weighted by Gasteiger charge is -2.32. The summed E-state index contributed by atoms with van der Waals surface area (Å²) < 4.78 is 0.275. The molecule has 0 bridgehead atoms. The number of carboxylic acids is 1. The first-order valence-corrected chi connectivity index (χ1v) is 8.57. The van der Waals surface area contributed by atoms with Crippen molar-refractivity contribution in [2.45, 2.75) is 26.3 Å². The van der Waals surface area contributed by atoms with E-state index in [2.05, 4.69) is 0 Å². The Morgan fingerprint density at radius 1 is 1.57 bits per heavy atom. The Morgan fingerprint density at radius 2 is 2.29 bits per heavy atom. The molecule has 1 fully saturated rings. The molecule has 1 aromatic heterocycles. The van der Waals surface area contributed by atoms with Gasteiger partial charge in [-0.1, -0.05) is 50.3 Å². The predicted molar refractivity (Wildman–Crippen MR) is 87.6 cm³/mol. The minimum absolute atomic E-state index is 0.224. The van der Waals surface area contributed by atoms with Gasteiger partial charge in [0.2, 0.25) is 0 Å². The number of thioether (sulfide) groups is 1. The first-order valence-electron chi connectivity index (χ1n) is 6.47. The highest BCUT2D eigenvalue weighted by Gasteiger charge is 2.39. The molecule has 1 amide bonds.